The summed E-state index contributed by atoms with van der Waals surface area (Å²) < 4.78 is 53.5. The summed E-state index contributed by atoms with van der Waals surface area (Å²) in [4.78, 5) is 12.4. The van der Waals surface area contributed by atoms with Gasteiger partial charge in [0.15, 0.2) is 0 Å². The molecule has 0 aromatic heterocycles. The number of carbonyl (C=O) groups is 1. The van der Waals surface area contributed by atoms with Crippen molar-refractivity contribution < 1.29 is 22.2 Å². The minimum Gasteiger partial charge on any atom is -0.322 e. The highest BCUT2D eigenvalue weighted by Crippen LogP contribution is 2.35. The van der Waals surface area contributed by atoms with Crippen LogP contribution in [0.25, 0.3) is 0 Å². The molecule has 146 valence electrons. The molecule has 2 rings (SSSR count). The summed E-state index contributed by atoms with van der Waals surface area (Å²) in [6, 6.07) is 8.58. The highest BCUT2D eigenvalue weighted by molar-refractivity contribution is 7.86. The fourth-order valence-electron chi connectivity index (χ4n) is 2.38. The molecule has 2 aromatic rings. The zero-order valence-corrected chi connectivity index (χ0v) is 16.2. The summed E-state index contributed by atoms with van der Waals surface area (Å²) in [5, 5.41) is 2.58. The summed E-state index contributed by atoms with van der Waals surface area (Å²) in [5.74, 6) is -0.436. The second kappa shape index (κ2) is 8.12. The molecule has 0 aliphatic carbocycles. The topological polar surface area (TPSA) is 58.2 Å². The van der Waals surface area contributed by atoms with E-state index in [0.29, 0.717) is 22.5 Å². The third-order valence-electron chi connectivity index (χ3n) is 4.13. The van der Waals surface area contributed by atoms with Crippen molar-refractivity contribution in [3.05, 3.63) is 58.7 Å². The maximum Gasteiger partial charge on any atom is 0.416 e. The molecule has 0 saturated carbocycles. The van der Waals surface area contributed by atoms with Gasteiger partial charge in [0.25, 0.3) is 5.91 Å². The van der Waals surface area contributed by atoms with Gasteiger partial charge in [-0.15, -0.1) is 0 Å². The summed E-state index contributed by atoms with van der Waals surface area (Å²) >= 11 is 0. The molecular formula is C19H21F3N2O2S. The second-order valence-corrected chi connectivity index (χ2v) is 8.13. The van der Waals surface area contributed by atoms with Gasteiger partial charge in [-0.1, -0.05) is 0 Å². The highest BCUT2D eigenvalue weighted by Gasteiger charge is 2.33. The van der Waals surface area contributed by atoms with Crippen LogP contribution in [0.5, 0.6) is 0 Å². The molecule has 2 aromatic carbocycles. The van der Waals surface area contributed by atoms with Crippen molar-refractivity contribution in [2.24, 2.45) is 0 Å². The van der Waals surface area contributed by atoms with Crippen LogP contribution in [0.2, 0.25) is 0 Å². The summed E-state index contributed by atoms with van der Waals surface area (Å²) in [5.41, 5.74) is 1.01. The van der Waals surface area contributed by atoms with E-state index >= 15 is 0 Å². The van der Waals surface area contributed by atoms with Crippen molar-refractivity contribution >= 4 is 28.3 Å². The van der Waals surface area contributed by atoms with Gasteiger partial charge in [-0.3, -0.25) is 4.79 Å². The van der Waals surface area contributed by atoms with E-state index in [-0.39, 0.29) is 10.8 Å². The number of hydrogen-bond acceptors (Lipinski definition) is 2. The van der Waals surface area contributed by atoms with Gasteiger partial charge in [0.05, 0.1) is 5.56 Å². The molecule has 1 atom stereocenters. The zero-order valence-electron chi connectivity index (χ0n) is 15.4. The fourth-order valence-corrected chi connectivity index (χ4v) is 2.99. The first-order valence-electron chi connectivity index (χ1n) is 8.26. The number of benzene rings is 2. The van der Waals surface area contributed by atoms with Gasteiger partial charge in [-0.2, -0.15) is 13.2 Å². The van der Waals surface area contributed by atoms with Crippen molar-refractivity contribution in [2.45, 2.75) is 39.1 Å². The Morgan fingerprint density at radius 2 is 1.59 bits per heavy atom. The average Bonchev–Trinajstić information content (AvgIpc) is 2.58. The van der Waals surface area contributed by atoms with Crippen LogP contribution in [0.4, 0.5) is 24.5 Å². The lowest BCUT2D eigenvalue weighted by Gasteiger charge is -2.16. The van der Waals surface area contributed by atoms with Crippen molar-refractivity contribution in [1.29, 1.82) is 0 Å². The molecule has 1 unspecified atom stereocenters. The number of nitrogens with one attached hydrogen (secondary N) is 2. The van der Waals surface area contributed by atoms with Gasteiger partial charge in [0.1, 0.15) is 11.0 Å². The lowest BCUT2D eigenvalue weighted by Crippen LogP contribution is -2.16. The third kappa shape index (κ3) is 5.09. The van der Waals surface area contributed by atoms with Gasteiger partial charge >= 0.3 is 6.18 Å². The SMILES string of the molecule is Cc1c(NC(=O)c2ccc(NS(=O)C(C)C)cc2)ccc(C(F)(F)F)c1C. The van der Waals surface area contributed by atoms with Crippen LogP contribution in [-0.4, -0.2) is 15.4 Å². The van der Waals surface area contributed by atoms with E-state index in [4.69, 9.17) is 0 Å². The van der Waals surface area contributed by atoms with Crippen LogP contribution in [0.15, 0.2) is 36.4 Å². The van der Waals surface area contributed by atoms with E-state index in [1.54, 1.807) is 24.3 Å². The van der Waals surface area contributed by atoms with E-state index in [0.717, 1.165) is 6.07 Å². The first-order chi connectivity index (χ1) is 12.5. The average molecular weight is 398 g/mol. The number of alkyl halides is 3. The van der Waals surface area contributed by atoms with Crippen LogP contribution < -0.4 is 10.0 Å². The predicted octanol–water partition coefficient (Wildman–Crippen LogP) is 5.06. The van der Waals surface area contributed by atoms with Crippen molar-refractivity contribution in [3.63, 3.8) is 0 Å². The van der Waals surface area contributed by atoms with Crippen molar-refractivity contribution in [1.82, 2.24) is 0 Å². The van der Waals surface area contributed by atoms with Crippen LogP contribution in [0, 0.1) is 13.8 Å². The van der Waals surface area contributed by atoms with Gasteiger partial charge in [0.2, 0.25) is 0 Å². The molecule has 0 aliphatic heterocycles. The molecule has 27 heavy (non-hydrogen) atoms. The lowest BCUT2D eigenvalue weighted by molar-refractivity contribution is -0.138. The normalized spacial score (nSPS) is 12.7. The van der Waals surface area contributed by atoms with E-state index in [1.165, 1.54) is 19.9 Å². The maximum atomic E-state index is 13.0. The summed E-state index contributed by atoms with van der Waals surface area (Å²) in [6.45, 7) is 6.55. The van der Waals surface area contributed by atoms with Gasteiger partial charge in [0, 0.05) is 22.2 Å². The molecule has 4 nitrogen and oxygen atoms in total. The Balaban J connectivity index is 2.16. The fraction of sp³-hybridized carbons (Fsp3) is 0.316. The van der Waals surface area contributed by atoms with E-state index in [9.17, 15) is 22.2 Å². The predicted molar refractivity (Wildman–Crippen MR) is 102 cm³/mol. The maximum absolute atomic E-state index is 13.0. The quantitative estimate of drug-likeness (QED) is 0.740. The van der Waals surface area contributed by atoms with Gasteiger partial charge < -0.3 is 10.0 Å². The van der Waals surface area contributed by atoms with Gasteiger partial charge in [-0.25, -0.2) is 4.21 Å². The monoisotopic (exact) mass is 398 g/mol. The summed E-state index contributed by atoms with van der Waals surface area (Å²) in [6.07, 6.45) is -4.43. The first kappa shape index (κ1) is 21.0. The molecular weight excluding hydrogens is 377 g/mol. The minimum absolute atomic E-state index is 0.0566. The molecule has 8 heteroatoms. The van der Waals surface area contributed by atoms with Crippen molar-refractivity contribution in [2.75, 3.05) is 10.0 Å². The number of carbonyl (C=O) groups excluding carboxylic acids is 1. The molecule has 0 radical (unpaired) electrons. The molecule has 0 saturated heterocycles. The van der Waals surface area contributed by atoms with Crippen molar-refractivity contribution in [3.8, 4) is 0 Å². The lowest BCUT2D eigenvalue weighted by atomic mass is 10.0. The number of anilines is 2. The van der Waals surface area contributed by atoms with Crippen LogP contribution in [0.3, 0.4) is 0 Å². The molecule has 0 aliphatic rings. The molecule has 0 spiro atoms. The molecule has 2 N–H and O–H groups in total. The number of rotatable bonds is 5. The van der Waals surface area contributed by atoms with E-state index in [1.807, 2.05) is 13.8 Å². The van der Waals surface area contributed by atoms with E-state index < -0.39 is 28.6 Å². The number of halogens is 3. The third-order valence-corrected chi connectivity index (χ3v) is 5.43. The number of amides is 1. The second-order valence-electron chi connectivity index (χ2n) is 6.39. The Labute approximate surface area is 158 Å². The highest BCUT2D eigenvalue weighted by atomic mass is 32.2. The Bertz CT molecular complexity index is 862. The minimum atomic E-state index is -4.43. The Morgan fingerprint density at radius 1 is 1.00 bits per heavy atom. The molecule has 0 heterocycles. The first-order valence-corrected chi connectivity index (χ1v) is 9.48. The summed E-state index contributed by atoms with van der Waals surface area (Å²) in [7, 11) is -1.23. The Hall–Kier alpha value is -2.35. The van der Waals surface area contributed by atoms with Crippen LogP contribution in [-0.2, 0) is 17.2 Å². The zero-order chi connectivity index (χ0) is 20.4. The number of hydrogen-bond donors (Lipinski definition) is 2. The largest absolute Gasteiger partial charge is 0.416 e. The standard InChI is InChI=1S/C19H21F3N2O2S/c1-11(2)27(26)24-15-7-5-14(6-8-15)18(25)23-17-10-9-16(19(20,21)22)12(3)13(17)4/h5-11,24H,1-4H3,(H,23,25). The molecule has 0 fully saturated rings. The van der Waals surface area contributed by atoms with Crippen LogP contribution >= 0.6 is 0 Å². The smallest absolute Gasteiger partial charge is 0.322 e. The van der Waals surface area contributed by atoms with Crippen LogP contribution in [0.1, 0.15) is 40.9 Å². The van der Waals surface area contributed by atoms with E-state index in [2.05, 4.69) is 10.0 Å². The Kier molecular flexibility index (Phi) is 6.30. The molecule has 1 amide bonds. The van der Waals surface area contributed by atoms with Gasteiger partial charge in [-0.05, 0) is 75.2 Å². The Morgan fingerprint density at radius 3 is 2.11 bits per heavy atom. The molecule has 0 bridgehead atoms.